The molecule has 0 aliphatic carbocycles. The Labute approximate surface area is 166 Å². The quantitative estimate of drug-likeness (QED) is 0.560. The van der Waals surface area contributed by atoms with Crippen LogP contribution in [0.5, 0.6) is 5.75 Å². The van der Waals surface area contributed by atoms with Gasteiger partial charge in [-0.3, -0.25) is 4.79 Å². The Bertz CT molecular complexity index is 1190. The van der Waals surface area contributed by atoms with Crippen LogP contribution in [-0.4, -0.2) is 22.3 Å². The fraction of sp³-hybridized carbons (Fsp3) is 0.227. The largest absolute Gasteiger partial charge is 0.490 e. The van der Waals surface area contributed by atoms with Crippen molar-refractivity contribution in [3.63, 3.8) is 0 Å². The van der Waals surface area contributed by atoms with Gasteiger partial charge in [0, 0.05) is 23.4 Å². The van der Waals surface area contributed by atoms with E-state index in [1.165, 1.54) is 5.56 Å². The van der Waals surface area contributed by atoms with Gasteiger partial charge in [-0.15, -0.1) is 0 Å². The third-order valence-corrected chi connectivity index (χ3v) is 4.99. The van der Waals surface area contributed by atoms with E-state index in [1.807, 2.05) is 42.5 Å². The maximum atomic E-state index is 12.3. The van der Waals surface area contributed by atoms with Gasteiger partial charge in [-0.2, -0.15) is 0 Å². The van der Waals surface area contributed by atoms with Gasteiger partial charge in [-0.05, 0) is 42.8 Å². The number of nitrogens with one attached hydrogen (secondary N) is 1. The van der Waals surface area contributed by atoms with Gasteiger partial charge in [0.25, 0.3) is 0 Å². The second kappa shape index (κ2) is 7.09. The Morgan fingerprint density at radius 3 is 2.97 bits per heavy atom. The van der Waals surface area contributed by atoms with E-state index in [-0.39, 0.29) is 25.0 Å². The van der Waals surface area contributed by atoms with Crippen LogP contribution >= 0.6 is 0 Å². The first kappa shape index (κ1) is 17.5. The van der Waals surface area contributed by atoms with Crippen molar-refractivity contribution < 1.29 is 18.6 Å². The maximum absolute atomic E-state index is 12.3. The molecule has 0 saturated carbocycles. The predicted octanol–water partition coefficient (Wildman–Crippen LogP) is 3.67. The summed E-state index contributed by atoms with van der Waals surface area (Å²) < 4.78 is 16.4. The van der Waals surface area contributed by atoms with Gasteiger partial charge in [0.2, 0.25) is 5.91 Å². The monoisotopic (exact) mass is 389 g/mol. The zero-order valence-electron chi connectivity index (χ0n) is 15.8. The molecular formula is C22H19N3O4. The van der Waals surface area contributed by atoms with Gasteiger partial charge in [0.05, 0.1) is 13.0 Å². The molecule has 146 valence electrons. The highest BCUT2D eigenvalue weighted by molar-refractivity contribution is 5.86. The summed E-state index contributed by atoms with van der Waals surface area (Å²) in [4.78, 5) is 12.3. The fourth-order valence-corrected chi connectivity index (χ4v) is 3.58. The summed E-state index contributed by atoms with van der Waals surface area (Å²) in [5.41, 5.74) is 4.06. The van der Waals surface area contributed by atoms with Crippen molar-refractivity contribution in [1.82, 2.24) is 15.6 Å². The minimum absolute atomic E-state index is 0.144. The van der Waals surface area contributed by atoms with Crippen molar-refractivity contribution in [2.45, 2.75) is 32.4 Å². The molecule has 3 heterocycles. The number of hydrogen-bond acceptors (Lipinski definition) is 6. The van der Waals surface area contributed by atoms with Crippen LogP contribution in [0.3, 0.4) is 0 Å². The van der Waals surface area contributed by atoms with Crippen LogP contribution < -0.4 is 10.1 Å². The highest BCUT2D eigenvalue weighted by Crippen LogP contribution is 2.33. The van der Waals surface area contributed by atoms with Gasteiger partial charge in [0.1, 0.15) is 23.2 Å². The predicted molar refractivity (Wildman–Crippen MR) is 105 cm³/mol. The summed E-state index contributed by atoms with van der Waals surface area (Å²) in [5, 5.41) is 11.8. The van der Waals surface area contributed by atoms with Gasteiger partial charge in [0.15, 0.2) is 11.3 Å². The van der Waals surface area contributed by atoms with Crippen molar-refractivity contribution in [3.05, 3.63) is 65.5 Å². The number of aromatic nitrogens is 2. The first-order valence-electron chi connectivity index (χ1n) is 9.51. The van der Waals surface area contributed by atoms with Crippen LogP contribution in [-0.2, 0) is 24.2 Å². The Morgan fingerprint density at radius 2 is 2.03 bits per heavy atom. The molecule has 1 atom stereocenters. The number of fused-ring (bicyclic) bond motifs is 2. The molecule has 2 aromatic carbocycles. The number of carbonyl (C=O) groups is 1. The third kappa shape index (κ3) is 3.47. The van der Waals surface area contributed by atoms with Gasteiger partial charge in [-0.25, -0.2) is 0 Å². The lowest BCUT2D eigenvalue weighted by atomic mass is 10.1. The average molecular weight is 389 g/mol. The molecule has 1 aliphatic heterocycles. The van der Waals surface area contributed by atoms with Crippen LogP contribution in [0.25, 0.3) is 22.3 Å². The number of rotatable bonds is 5. The van der Waals surface area contributed by atoms with Crippen LogP contribution in [0.1, 0.15) is 23.9 Å². The zero-order chi connectivity index (χ0) is 19.8. The molecule has 0 unspecified atom stereocenters. The smallest absolute Gasteiger partial charge is 0.226 e. The van der Waals surface area contributed by atoms with Crippen molar-refractivity contribution >= 4 is 16.9 Å². The van der Waals surface area contributed by atoms with E-state index in [0.717, 1.165) is 23.1 Å². The van der Waals surface area contributed by atoms with E-state index in [2.05, 4.69) is 28.6 Å². The van der Waals surface area contributed by atoms with E-state index in [4.69, 9.17) is 13.8 Å². The average Bonchev–Trinajstić information content (AvgIpc) is 3.44. The SMILES string of the molecule is C[C@@H]1Cc2cc(-c3cc(CNC(=O)Cc4noc5ccccc45)no3)ccc2O1. The van der Waals surface area contributed by atoms with Crippen molar-refractivity contribution in [3.8, 4) is 17.1 Å². The third-order valence-electron chi connectivity index (χ3n) is 4.99. The van der Waals surface area contributed by atoms with Crippen molar-refractivity contribution in [1.29, 1.82) is 0 Å². The van der Waals surface area contributed by atoms with Crippen LogP contribution in [0.4, 0.5) is 0 Å². The summed E-state index contributed by atoms with van der Waals surface area (Å²) >= 11 is 0. The van der Waals surface area contributed by atoms with E-state index in [0.29, 0.717) is 22.7 Å². The Balaban J connectivity index is 1.23. The minimum Gasteiger partial charge on any atom is -0.490 e. The van der Waals surface area contributed by atoms with Crippen LogP contribution in [0.15, 0.2) is 57.6 Å². The van der Waals surface area contributed by atoms with E-state index in [1.54, 1.807) is 0 Å². The maximum Gasteiger partial charge on any atom is 0.226 e. The van der Waals surface area contributed by atoms with Crippen LogP contribution in [0.2, 0.25) is 0 Å². The lowest BCUT2D eigenvalue weighted by molar-refractivity contribution is -0.120. The summed E-state index contributed by atoms with van der Waals surface area (Å²) in [6.07, 6.45) is 1.23. The number of amides is 1. The number of nitrogens with zero attached hydrogens (tertiary/aromatic N) is 2. The van der Waals surface area contributed by atoms with Gasteiger partial charge in [-0.1, -0.05) is 22.4 Å². The Kier molecular flexibility index (Phi) is 4.27. The molecule has 7 heteroatoms. The first-order chi connectivity index (χ1) is 14.2. The molecule has 5 rings (SSSR count). The number of hydrogen-bond donors (Lipinski definition) is 1. The molecule has 4 aromatic rings. The van der Waals surface area contributed by atoms with Gasteiger partial charge < -0.3 is 19.1 Å². The molecule has 0 spiro atoms. The number of carbonyl (C=O) groups excluding carboxylic acids is 1. The number of ether oxygens (including phenoxy) is 1. The Hall–Kier alpha value is -3.61. The normalized spacial score (nSPS) is 15.3. The molecular weight excluding hydrogens is 370 g/mol. The lowest BCUT2D eigenvalue weighted by Gasteiger charge is -2.02. The molecule has 1 aliphatic rings. The summed E-state index contributed by atoms with van der Waals surface area (Å²) in [7, 11) is 0. The van der Waals surface area contributed by atoms with Crippen molar-refractivity contribution in [2.24, 2.45) is 0 Å². The van der Waals surface area contributed by atoms with Crippen molar-refractivity contribution in [2.75, 3.05) is 0 Å². The molecule has 0 radical (unpaired) electrons. The molecule has 0 fully saturated rings. The van der Waals surface area contributed by atoms with E-state index >= 15 is 0 Å². The van der Waals surface area contributed by atoms with E-state index in [9.17, 15) is 4.79 Å². The highest BCUT2D eigenvalue weighted by Gasteiger charge is 2.20. The first-order valence-corrected chi connectivity index (χ1v) is 9.51. The zero-order valence-corrected chi connectivity index (χ0v) is 15.8. The van der Waals surface area contributed by atoms with Crippen LogP contribution in [0, 0.1) is 0 Å². The number of benzene rings is 2. The Morgan fingerprint density at radius 1 is 1.14 bits per heavy atom. The molecule has 1 amide bonds. The minimum atomic E-state index is -0.155. The molecule has 29 heavy (non-hydrogen) atoms. The standard InChI is InChI=1S/C22H19N3O4/c1-13-8-15-9-14(6-7-19(15)27-13)21-10-16(24-29-21)12-23-22(26)11-18-17-4-2-3-5-20(17)28-25-18/h2-7,9-10,13H,8,11-12H2,1H3,(H,23,26)/t13-/m1/s1. The topological polar surface area (TPSA) is 90.4 Å². The van der Waals surface area contributed by atoms with Gasteiger partial charge >= 0.3 is 0 Å². The summed E-state index contributed by atoms with van der Waals surface area (Å²) in [6.45, 7) is 2.33. The molecule has 1 N–H and O–H groups in total. The van der Waals surface area contributed by atoms with E-state index < -0.39 is 0 Å². The lowest BCUT2D eigenvalue weighted by Crippen LogP contribution is -2.24. The molecule has 7 nitrogen and oxygen atoms in total. The molecule has 0 bridgehead atoms. The summed E-state index contributed by atoms with van der Waals surface area (Å²) in [5.74, 6) is 1.44. The fourth-order valence-electron chi connectivity index (χ4n) is 3.58. The molecule has 2 aromatic heterocycles. The molecule has 0 saturated heterocycles. The summed E-state index contributed by atoms with van der Waals surface area (Å²) in [6, 6.07) is 15.3. The second-order valence-corrected chi connectivity index (χ2v) is 7.22. The number of para-hydroxylation sites is 1. The second-order valence-electron chi connectivity index (χ2n) is 7.22. The highest BCUT2D eigenvalue weighted by atomic mass is 16.5.